The minimum atomic E-state index is -4.08. The fraction of sp³-hybridized carbons (Fsp3) is 0.0588. The second-order valence-corrected chi connectivity index (χ2v) is 9.60. The Morgan fingerprint density at radius 1 is 0.808 bits per heavy atom. The summed E-state index contributed by atoms with van der Waals surface area (Å²) in [5.41, 5.74) is 0. The Labute approximate surface area is 157 Å². The van der Waals surface area contributed by atoms with Crippen molar-refractivity contribution in [2.45, 2.75) is 9.79 Å². The van der Waals surface area contributed by atoms with Gasteiger partial charge in [0.15, 0.2) is 0 Å². The number of benzene rings is 3. The largest absolute Gasteiger partial charge is 0.256 e. The zero-order chi connectivity index (χ0) is 18.9. The third-order valence-electron chi connectivity index (χ3n) is 3.75. The van der Waals surface area contributed by atoms with E-state index in [0.717, 1.165) is 17.8 Å². The van der Waals surface area contributed by atoms with Crippen LogP contribution < -0.4 is 4.83 Å². The molecule has 0 aliphatic rings. The van der Waals surface area contributed by atoms with E-state index in [1.54, 1.807) is 18.2 Å². The summed E-state index contributed by atoms with van der Waals surface area (Å²) in [6.45, 7) is 0. The van der Waals surface area contributed by atoms with Crippen LogP contribution >= 0.6 is 11.6 Å². The minimum absolute atomic E-state index is 0.0330. The molecular formula is C17H15ClN2O4S2. The van der Waals surface area contributed by atoms with Gasteiger partial charge in [0.1, 0.15) is 0 Å². The number of nitrogens with zero attached hydrogens (tertiary/aromatic N) is 1. The van der Waals surface area contributed by atoms with Gasteiger partial charge >= 0.3 is 0 Å². The first-order valence-electron chi connectivity index (χ1n) is 7.46. The lowest BCUT2D eigenvalue weighted by Crippen LogP contribution is -2.43. The second-order valence-electron chi connectivity index (χ2n) is 5.53. The average Bonchev–Trinajstić information content (AvgIpc) is 2.61. The van der Waals surface area contributed by atoms with Gasteiger partial charge in [0, 0.05) is 12.1 Å². The van der Waals surface area contributed by atoms with E-state index in [2.05, 4.69) is 4.83 Å². The Bertz CT molecular complexity index is 1160. The smallest absolute Gasteiger partial charge is 0.206 e. The van der Waals surface area contributed by atoms with Crippen LogP contribution in [0.25, 0.3) is 10.8 Å². The summed E-state index contributed by atoms with van der Waals surface area (Å²) in [6, 6.07) is 17.3. The normalized spacial score (nSPS) is 12.6. The van der Waals surface area contributed by atoms with Crippen molar-refractivity contribution in [1.82, 2.24) is 9.25 Å². The molecule has 0 aromatic heterocycles. The van der Waals surface area contributed by atoms with Crippen molar-refractivity contribution >= 4 is 42.4 Å². The highest BCUT2D eigenvalue weighted by atomic mass is 35.5. The number of hydrogen-bond acceptors (Lipinski definition) is 4. The number of rotatable bonds is 5. The van der Waals surface area contributed by atoms with Crippen molar-refractivity contribution < 1.29 is 16.8 Å². The molecule has 3 aromatic carbocycles. The highest BCUT2D eigenvalue weighted by Crippen LogP contribution is 2.21. The van der Waals surface area contributed by atoms with Gasteiger partial charge in [-0.3, -0.25) is 0 Å². The Hall–Kier alpha value is -1.97. The fourth-order valence-electron chi connectivity index (χ4n) is 2.37. The first kappa shape index (κ1) is 18.8. The van der Waals surface area contributed by atoms with E-state index in [4.69, 9.17) is 11.6 Å². The van der Waals surface area contributed by atoms with Crippen molar-refractivity contribution in [3.8, 4) is 0 Å². The summed E-state index contributed by atoms with van der Waals surface area (Å²) in [5, 5.41) is 2.00. The third kappa shape index (κ3) is 3.74. The molecule has 6 nitrogen and oxygen atoms in total. The number of fused-ring (bicyclic) bond motifs is 1. The van der Waals surface area contributed by atoms with Crippen LogP contribution in [0.3, 0.4) is 0 Å². The van der Waals surface area contributed by atoms with Crippen molar-refractivity contribution in [1.29, 1.82) is 0 Å². The van der Waals surface area contributed by atoms with E-state index in [1.165, 1.54) is 36.4 Å². The van der Waals surface area contributed by atoms with Gasteiger partial charge in [-0.05, 0) is 47.2 Å². The highest BCUT2D eigenvalue weighted by molar-refractivity contribution is 7.92. The summed E-state index contributed by atoms with van der Waals surface area (Å²) in [4.78, 5) is 1.96. The lowest BCUT2D eigenvalue weighted by atomic mass is 10.1. The molecule has 26 heavy (non-hydrogen) atoms. The predicted molar refractivity (Wildman–Crippen MR) is 101 cm³/mol. The van der Waals surface area contributed by atoms with Crippen LogP contribution in [0.1, 0.15) is 0 Å². The molecule has 0 atom stereocenters. The van der Waals surface area contributed by atoms with Gasteiger partial charge in [0.2, 0.25) is 0 Å². The van der Waals surface area contributed by atoms with E-state index < -0.39 is 20.0 Å². The molecule has 0 aliphatic heterocycles. The molecule has 9 heteroatoms. The van der Waals surface area contributed by atoms with Crippen molar-refractivity contribution in [2.75, 3.05) is 7.05 Å². The fourth-order valence-corrected chi connectivity index (χ4v) is 4.95. The van der Waals surface area contributed by atoms with Gasteiger partial charge in [-0.1, -0.05) is 41.9 Å². The minimum Gasteiger partial charge on any atom is -0.206 e. The Kier molecular flexibility index (Phi) is 5.05. The number of hydrazine groups is 1. The first-order chi connectivity index (χ1) is 12.2. The number of halogens is 1. The molecule has 0 saturated carbocycles. The molecule has 0 heterocycles. The van der Waals surface area contributed by atoms with Crippen molar-refractivity contribution in [3.63, 3.8) is 0 Å². The van der Waals surface area contributed by atoms with E-state index >= 15 is 0 Å². The van der Waals surface area contributed by atoms with Gasteiger partial charge in [-0.25, -0.2) is 16.8 Å². The molecule has 3 rings (SSSR count). The molecule has 0 aliphatic carbocycles. The molecule has 0 saturated heterocycles. The van der Waals surface area contributed by atoms with Crippen LogP contribution in [0.15, 0.2) is 76.5 Å². The predicted octanol–water partition coefficient (Wildman–Crippen LogP) is 3.01. The van der Waals surface area contributed by atoms with E-state index in [9.17, 15) is 16.8 Å². The van der Waals surface area contributed by atoms with Crippen LogP contribution in [0.2, 0.25) is 5.02 Å². The van der Waals surface area contributed by atoms with E-state index in [0.29, 0.717) is 9.44 Å². The van der Waals surface area contributed by atoms with Gasteiger partial charge in [0.25, 0.3) is 20.0 Å². The van der Waals surface area contributed by atoms with Crippen LogP contribution in [-0.2, 0) is 20.0 Å². The third-order valence-corrected chi connectivity index (χ3v) is 7.19. The van der Waals surface area contributed by atoms with E-state index in [-0.39, 0.29) is 9.79 Å². The summed E-state index contributed by atoms with van der Waals surface area (Å²) in [5.74, 6) is 0. The molecule has 0 fully saturated rings. The maximum Gasteiger partial charge on any atom is 0.256 e. The second kappa shape index (κ2) is 6.98. The average molecular weight is 411 g/mol. The topological polar surface area (TPSA) is 83.6 Å². The quantitative estimate of drug-likeness (QED) is 0.655. The summed E-state index contributed by atoms with van der Waals surface area (Å²) in [6.07, 6.45) is 0. The van der Waals surface area contributed by atoms with Gasteiger partial charge in [0.05, 0.1) is 9.79 Å². The molecule has 0 bridgehead atoms. The maximum absolute atomic E-state index is 12.6. The highest BCUT2D eigenvalue weighted by Gasteiger charge is 2.26. The lowest BCUT2D eigenvalue weighted by Gasteiger charge is -2.18. The lowest BCUT2D eigenvalue weighted by molar-refractivity contribution is 0.432. The van der Waals surface area contributed by atoms with E-state index in [1.807, 2.05) is 12.1 Å². The first-order valence-corrected chi connectivity index (χ1v) is 10.8. The van der Waals surface area contributed by atoms with Crippen molar-refractivity contribution in [3.05, 3.63) is 71.8 Å². The standard InChI is InChI=1S/C17H15ClN2O4S2/c1-20(26(23,24)16-10-7-15(18)8-11-16)19-25(21,22)17-9-6-13-4-2-3-5-14(13)12-17/h2-12,19H,1H3. The zero-order valence-electron chi connectivity index (χ0n) is 13.6. The summed E-state index contributed by atoms with van der Waals surface area (Å²) < 4.78 is 50.8. The Morgan fingerprint density at radius 2 is 1.38 bits per heavy atom. The van der Waals surface area contributed by atoms with Gasteiger partial charge < -0.3 is 0 Å². The summed E-state index contributed by atoms with van der Waals surface area (Å²) in [7, 11) is -7.01. The van der Waals surface area contributed by atoms with Crippen LogP contribution in [0.4, 0.5) is 0 Å². The SMILES string of the molecule is CN(NS(=O)(=O)c1ccc2ccccc2c1)S(=O)(=O)c1ccc(Cl)cc1. The van der Waals surface area contributed by atoms with Crippen LogP contribution in [-0.4, -0.2) is 28.3 Å². The molecule has 0 radical (unpaired) electrons. The Morgan fingerprint density at radius 3 is 2.04 bits per heavy atom. The van der Waals surface area contributed by atoms with Crippen LogP contribution in [0.5, 0.6) is 0 Å². The monoisotopic (exact) mass is 410 g/mol. The molecule has 136 valence electrons. The van der Waals surface area contributed by atoms with Crippen LogP contribution in [0, 0.1) is 0 Å². The number of nitrogens with one attached hydrogen (secondary N) is 1. The number of sulfonamides is 2. The molecule has 0 unspecified atom stereocenters. The zero-order valence-corrected chi connectivity index (χ0v) is 16.0. The molecule has 0 amide bonds. The number of hydrogen-bond donors (Lipinski definition) is 1. The van der Waals surface area contributed by atoms with Gasteiger partial charge in [-0.15, -0.1) is 9.25 Å². The Balaban J connectivity index is 1.91. The molecule has 0 spiro atoms. The van der Waals surface area contributed by atoms with Crippen molar-refractivity contribution in [2.24, 2.45) is 0 Å². The molecular weight excluding hydrogens is 396 g/mol. The van der Waals surface area contributed by atoms with Gasteiger partial charge in [-0.2, -0.15) is 0 Å². The summed E-state index contributed by atoms with van der Waals surface area (Å²) >= 11 is 5.76. The molecule has 3 aromatic rings. The maximum atomic E-state index is 12.6. The molecule has 1 N–H and O–H groups in total.